The largest absolute Gasteiger partial charge is 0.504 e. The summed E-state index contributed by atoms with van der Waals surface area (Å²) in [5, 5.41) is 9.58. The van der Waals surface area contributed by atoms with E-state index in [-0.39, 0.29) is 5.75 Å². The first kappa shape index (κ1) is 14.2. The van der Waals surface area contributed by atoms with Gasteiger partial charge in [0.1, 0.15) is 0 Å². The quantitative estimate of drug-likeness (QED) is 0.886. The summed E-state index contributed by atoms with van der Waals surface area (Å²) in [5.74, 6) is 1.45. The molecule has 0 aliphatic carbocycles. The normalized spacial score (nSPS) is 17.6. The predicted octanol–water partition coefficient (Wildman–Crippen LogP) is 2.26. The fourth-order valence-corrected chi connectivity index (χ4v) is 2.63. The van der Waals surface area contributed by atoms with E-state index in [2.05, 4.69) is 4.90 Å². The zero-order valence-corrected chi connectivity index (χ0v) is 11.8. The Morgan fingerprint density at radius 2 is 2.00 bits per heavy atom. The first-order valence-corrected chi connectivity index (χ1v) is 6.80. The van der Waals surface area contributed by atoms with Crippen molar-refractivity contribution in [3.8, 4) is 11.5 Å². The third-order valence-electron chi connectivity index (χ3n) is 3.76. The lowest BCUT2D eigenvalue weighted by atomic mass is 9.97. The van der Waals surface area contributed by atoms with E-state index in [1.807, 2.05) is 12.1 Å². The molecule has 0 spiro atoms. The third-order valence-corrected chi connectivity index (χ3v) is 3.76. The van der Waals surface area contributed by atoms with Gasteiger partial charge in [0.05, 0.1) is 7.11 Å². The highest BCUT2D eigenvalue weighted by Gasteiger charge is 2.19. The summed E-state index contributed by atoms with van der Waals surface area (Å²) in [5.41, 5.74) is 1.18. The van der Waals surface area contributed by atoms with E-state index in [4.69, 9.17) is 9.47 Å². The van der Waals surface area contributed by atoms with Crippen LogP contribution in [-0.2, 0) is 11.3 Å². The molecule has 4 heteroatoms. The van der Waals surface area contributed by atoms with E-state index in [1.54, 1.807) is 20.3 Å². The number of nitrogens with zero attached hydrogens (tertiary/aromatic N) is 1. The van der Waals surface area contributed by atoms with Gasteiger partial charge in [0.2, 0.25) is 0 Å². The highest BCUT2D eigenvalue weighted by atomic mass is 16.5. The summed E-state index contributed by atoms with van der Waals surface area (Å²) in [6.45, 7) is 4.01. The summed E-state index contributed by atoms with van der Waals surface area (Å²) in [6.07, 6.45) is 2.39. The minimum atomic E-state index is 0.199. The van der Waals surface area contributed by atoms with Crippen molar-refractivity contribution >= 4 is 0 Å². The Morgan fingerprint density at radius 3 is 2.63 bits per heavy atom. The fourth-order valence-electron chi connectivity index (χ4n) is 2.63. The number of piperidine rings is 1. The van der Waals surface area contributed by atoms with Gasteiger partial charge in [0, 0.05) is 20.3 Å². The van der Waals surface area contributed by atoms with E-state index < -0.39 is 0 Å². The summed E-state index contributed by atoms with van der Waals surface area (Å²) in [7, 11) is 3.35. The molecule has 0 saturated carbocycles. The molecular formula is C15H23NO3. The van der Waals surface area contributed by atoms with Crippen LogP contribution in [0.2, 0.25) is 0 Å². The van der Waals surface area contributed by atoms with Gasteiger partial charge in [-0.2, -0.15) is 0 Å². The van der Waals surface area contributed by atoms with Gasteiger partial charge in [-0.3, -0.25) is 4.90 Å². The van der Waals surface area contributed by atoms with E-state index in [0.717, 1.165) is 26.2 Å². The lowest BCUT2D eigenvalue weighted by molar-refractivity contribution is 0.0968. The van der Waals surface area contributed by atoms with Crippen molar-refractivity contribution in [3.63, 3.8) is 0 Å². The molecule has 0 unspecified atom stereocenters. The number of phenolic OH excluding ortho intramolecular Hbond substituents is 1. The van der Waals surface area contributed by atoms with Crippen LogP contribution in [0.25, 0.3) is 0 Å². The average molecular weight is 265 g/mol. The molecule has 0 bridgehead atoms. The molecule has 0 amide bonds. The molecule has 0 aromatic heterocycles. The molecule has 1 saturated heterocycles. The highest BCUT2D eigenvalue weighted by Crippen LogP contribution is 2.27. The number of hydrogen-bond acceptors (Lipinski definition) is 4. The average Bonchev–Trinajstić information content (AvgIpc) is 2.43. The summed E-state index contributed by atoms with van der Waals surface area (Å²) < 4.78 is 10.4. The molecular weight excluding hydrogens is 242 g/mol. The summed E-state index contributed by atoms with van der Waals surface area (Å²) >= 11 is 0. The Morgan fingerprint density at radius 1 is 1.26 bits per heavy atom. The van der Waals surface area contributed by atoms with E-state index in [0.29, 0.717) is 11.7 Å². The molecule has 2 rings (SSSR count). The van der Waals surface area contributed by atoms with E-state index in [1.165, 1.54) is 18.4 Å². The van der Waals surface area contributed by atoms with Gasteiger partial charge in [-0.1, -0.05) is 6.07 Å². The first-order chi connectivity index (χ1) is 9.22. The number of methoxy groups -OCH3 is 2. The van der Waals surface area contributed by atoms with Gasteiger partial charge in [-0.05, 0) is 49.5 Å². The third kappa shape index (κ3) is 3.85. The minimum absolute atomic E-state index is 0.199. The van der Waals surface area contributed by atoms with Crippen LogP contribution < -0.4 is 4.74 Å². The Labute approximate surface area is 114 Å². The van der Waals surface area contributed by atoms with Crippen LogP contribution in [0, 0.1) is 5.92 Å². The molecule has 19 heavy (non-hydrogen) atoms. The molecule has 0 radical (unpaired) electrons. The molecule has 1 aromatic carbocycles. The van der Waals surface area contributed by atoms with Crippen molar-refractivity contribution in [2.45, 2.75) is 19.4 Å². The first-order valence-electron chi connectivity index (χ1n) is 6.80. The standard InChI is InChI=1S/C15H23NO3/c1-18-11-12-5-7-16(8-6-12)10-13-3-4-14(17)15(9-13)19-2/h3-4,9,12,17H,5-8,10-11H2,1-2H3. The molecule has 106 valence electrons. The number of rotatable bonds is 5. The number of aromatic hydroxyl groups is 1. The Balaban J connectivity index is 1.88. The van der Waals surface area contributed by atoms with Crippen LogP contribution in [0.4, 0.5) is 0 Å². The zero-order valence-electron chi connectivity index (χ0n) is 11.8. The number of hydrogen-bond donors (Lipinski definition) is 1. The van der Waals surface area contributed by atoms with Crippen LogP contribution >= 0.6 is 0 Å². The lowest BCUT2D eigenvalue weighted by Crippen LogP contribution is -2.34. The van der Waals surface area contributed by atoms with Crippen LogP contribution in [0.3, 0.4) is 0 Å². The van der Waals surface area contributed by atoms with Crippen molar-refractivity contribution < 1.29 is 14.6 Å². The minimum Gasteiger partial charge on any atom is -0.504 e. The molecule has 1 aliphatic rings. The molecule has 1 aliphatic heterocycles. The van der Waals surface area contributed by atoms with Crippen molar-refractivity contribution in [2.24, 2.45) is 5.92 Å². The van der Waals surface area contributed by atoms with Crippen molar-refractivity contribution in [3.05, 3.63) is 23.8 Å². The monoisotopic (exact) mass is 265 g/mol. The van der Waals surface area contributed by atoms with Crippen LogP contribution in [-0.4, -0.2) is 43.9 Å². The maximum Gasteiger partial charge on any atom is 0.160 e. The van der Waals surface area contributed by atoms with Gasteiger partial charge in [0.15, 0.2) is 11.5 Å². The maximum atomic E-state index is 9.58. The molecule has 4 nitrogen and oxygen atoms in total. The lowest BCUT2D eigenvalue weighted by Gasteiger charge is -2.31. The van der Waals surface area contributed by atoms with Crippen molar-refractivity contribution in [1.82, 2.24) is 4.90 Å². The molecule has 1 heterocycles. The molecule has 0 atom stereocenters. The second kappa shape index (κ2) is 6.78. The Hall–Kier alpha value is -1.26. The van der Waals surface area contributed by atoms with Crippen LogP contribution in [0.15, 0.2) is 18.2 Å². The fraction of sp³-hybridized carbons (Fsp3) is 0.600. The SMILES string of the molecule is COCC1CCN(Cc2ccc(O)c(OC)c2)CC1. The van der Waals surface area contributed by atoms with Gasteiger partial charge in [-0.25, -0.2) is 0 Å². The number of ether oxygens (including phenoxy) is 2. The smallest absolute Gasteiger partial charge is 0.160 e. The van der Waals surface area contributed by atoms with E-state index in [9.17, 15) is 5.11 Å². The number of likely N-dealkylation sites (tertiary alicyclic amines) is 1. The number of benzene rings is 1. The summed E-state index contributed by atoms with van der Waals surface area (Å²) in [6, 6.07) is 5.57. The summed E-state index contributed by atoms with van der Waals surface area (Å²) in [4.78, 5) is 2.44. The second-order valence-electron chi connectivity index (χ2n) is 5.18. The van der Waals surface area contributed by atoms with Crippen LogP contribution in [0.1, 0.15) is 18.4 Å². The van der Waals surface area contributed by atoms with Crippen LogP contribution in [0.5, 0.6) is 11.5 Å². The van der Waals surface area contributed by atoms with Crippen molar-refractivity contribution in [1.29, 1.82) is 0 Å². The Kier molecular flexibility index (Phi) is 5.05. The van der Waals surface area contributed by atoms with Gasteiger partial charge in [-0.15, -0.1) is 0 Å². The highest BCUT2D eigenvalue weighted by molar-refractivity contribution is 5.41. The van der Waals surface area contributed by atoms with E-state index >= 15 is 0 Å². The van der Waals surface area contributed by atoms with Crippen molar-refractivity contribution in [2.75, 3.05) is 33.9 Å². The van der Waals surface area contributed by atoms with Gasteiger partial charge < -0.3 is 14.6 Å². The Bertz CT molecular complexity index is 400. The van der Waals surface area contributed by atoms with Gasteiger partial charge in [0.25, 0.3) is 0 Å². The maximum absolute atomic E-state index is 9.58. The topological polar surface area (TPSA) is 41.9 Å². The molecule has 1 N–H and O–H groups in total. The number of phenols is 1. The second-order valence-corrected chi connectivity index (χ2v) is 5.18. The molecule has 1 aromatic rings. The zero-order chi connectivity index (χ0) is 13.7. The van der Waals surface area contributed by atoms with Gasteiger partial charge >= 0.3 is 0 Å². The molecule has 1 fully saturated rings. The predicted molar refractivity (Wildman–Crippen MR) is 74.5 cm³/mol.